The molecule has 2 aliphatic heterocycles. The van der Waals surface area contributed by atoms with Gasteiger partial charge in [0.05, 0.1) is 42.8 Å². The fourth-order valence-corrected chi connectivity index (χ4v) is 9.26. The molecule has 0 spiro atoms. The van der Waals surface area contributed by atoms with Gasteiger partial charge < -0.3 is 24.8 Å². The average Bonchev–Trinajstić information content (AvgIpc) is 3.76. The Bertz CT molecular complexity index is 2050. The molecular formula is C44H58N6O3S. The van der Waals surface area contributed by atoms with Gasteiger partial charge >= 0.3 is 0 Å². The van der Waals surface area contributed by atoms with Crippen LogP contribution >= 0.6 is 12.6 Å². The number of likely N-dealkylation sites (tertiary alicyclic amines) is 1. The van der Waals surface area contributed by atoms with Crippen molar-refractivity contribution in [2.45, 2.75) is 121 Å². The second-order valence-electron chi connectivity index (χ2n) is 16.5. The molecule has 4 heterocycles. The van der Waals surface area contributed by atoms with Gasteiger partial charge in [-0.25, -0.2) is 0 Å². The Balaban J connectivity index is 0.00000107. The lowest BCUT2D eigenvalue weighted by Crippen LogP contribution is -2.44. The maximum absolute atomic E-state index is 14.8. The minimum absolute atomic E-state index is 0.0648. The van der Waals surface area contributed by atoms with Crippen molar-refractivity contribution in [3.05, 3.63) is 70.5 Å². The molecule has 0 bridgehead atoms. The van der Waals surface area contributed by atoms with Crippen LogP contribution in [-0.2, 0) is 6.54 Å². The van der Waals surface area contributed by atoms with Gasteiger partial charge in [-0.05, 0) is 130 Å². The van der Waals surface area contributed by atoms with Crippen LogP contribution in [0.4, 0.5) is 0 Å². The van der Waals surface area contributed by atoms with E-state index in [-0.39, 0.29) is 24.0 Å². The molecule has 4 aliphatic rings. The van der Waals surface area contributed by atoms with E-state index < -0.39 is 5.91 Å². The topological polar surface area (TPSA) is 98.6 Å². The van der Waals surface area contributed by atoms with Gasteiger partial charge in [0.2, 0.25) is 5.91 Å². The largest absolute Gasteiger partial charge is 0.497 e. The normalized spacial score (nSPS) is 20.2. The third-order valence-corrected chi connectivity index (χ3v) is 11.9. The van der Waals surface area contributed by atoms with Crippen LogP contribution in [0.3, 0.4) is 0 Å². The summed E-state index contributed by atoms with van der Waals surface area (Å²) in [5.74, 6) is 0.843. The first-order valence-electron chi connectivity index (χ1n) is 20.0. The van der Waals surface area contributed by atoms with Crippen LogP contribution in [-0.4, -0.2) is 81.0 Å². The third kappa shape index (κ3) is 7.36. The Kier molecular flexibility index (Phi) is 11.3. The van der Waals surface area contributed by atoms with Crippen molar-refractivity contribution in [1.29, 1.82) is 0 Å². The molecule has 2 atom stereocenters. The van der Waals surface area contributed by atoms with Crippen molar-refractivity contribution < 1.29 is 14.3 Å². The first-order valence-corrected chi connectivity index (χ1v) is 20.6. The predicted octanol–water partition coefficient (Wildman–Crippen LogP) is 8.82. The second kappa shape index (κ2) is 16.0. The number of benzene rings is 2. The highest BCUT2D eigenvalue weighted by molar-refractivity contribution is 7.80. The maximum Gasteiger partial charge on any atom is 0.258 e. The van der Waals surface area contributed by atoms with E-state index in [4.69, 9.17) is 15.6 Å². The molecule has 10 heteroatoms. The highest BCUT2D eigenvalue weighted by Gasteiger charge is 2.39. The fraction of sp³-hybridized carbons (Fsp3) is 0.523. The zero-order valence-electron chi connectivity index (χ0n) is 33.0. The molecule has 54 heavy (non-hydrogen) atoms. The number of rotatable bonds is 8. The van der Waals surface area contributed by atoms with Gasteiger partial charge in [0.25, 0.3) is 5.91 Å². The zero-order valence-corrected chi connectivity index (χ0v) is 33.9. The van der Waals surface area contributed by atoms with Crippen molar-refractivity contribution in [2.75, 3.05) is 27.7 Å². The summed E-state index contributed by atoms with van der Waals surface area (Å²) < 4.78 is 10.3. The van der Waals surface area contributed by atoms with Crippen LogP contribution in [0.2, 0.25) is 0 Å². The molecule has 1 saturated heterocycles. The summed E-state index contributed by atoms with van der Waals surface area (Å²) in [5.41, 5.74) is 14.8. The van der Waals surface area contributed by atoms with Crippen LogP contribution in [0, 0.1) is 0 Å². The van der Waals surface area contributed by atoms with E-state index in [0.29, 0.717) is 28.8 Å². The maximum atomic E-state index is 14.8. The van der Waals surface area contributed by atoms with Crippen molar-refractivity contribution in [2.24, 2.45) is 5.73 Å². The summed E-state index contributed by atoms with van der Waals surface area (Å²) >= 11 is 3.97. The van der Waals surface area contributed by atoms with Crippen molar-refractivity contribution in [3.63, 3.8) is 0 Å². The summed E-state index contributed by atoms with van der Waals surface area (Å²) in [5, 5.41) is 6.70. The molecule has 2 aromatic heterocycles. The standard InChI is InChI=1S/C41H50N6O3.C3H8S/c1-25-13-15-31(24-44(2)3)46(25)41(49)35-22-43-47(30-11-8-12-30)38(35)29-19-28-20-32(50-4)16-18-33(28)39-37(26-9-6-5-7-10-26)34-17-14-27(40(42)48)21-36(34)45(39)23-29;1-3(2)4/h14,16-22,25-26,30-31H,5-13,15,23-24H2,1-4H3,(H2,42,48);3-4H,1-2H3. The van der Waals surface area contributed by atoms with E-state index in [9.17, 15) is 9.59 Å². The highest BCUT2D eigenvalue weighted by Crippen LogP contribution is 2.48. The molecule has 2 aromatic carbocycles. The summed E-state index contributed by atoms with van der Waals surface area (Å²) in [6.45, 7) is 7.61. The number of methoxy groups -OCH3 is 1. The molecule has 4 aromatic rings. The van der Waals surface area contributed by atoms with Gasteiger partial charge in [-0.15, -0.1) is 0 Å². The van der Waals surface area contributed by atoms with Crippen LogP contribution in [0.15, 0.2) is 42.6 Å². The van der Waals surface area contributed by atoms with E-state index in [1.807, 2.05) is 38.2 Å². The number of allylic oxidation sites excluding steroid dienone is 1. The monoisotopic (exact) mass is 750 g/mol. The molecule has 2 N–H and O–H groups in total. The summed E-state index contributed by atoms with van der Waals surface area (Å²) in [4.78, 5) is 31.7. The molecule has 2 amide bonds. The summed E-state index contributed by atoms with van der Waals surface area (Å²) in [7, 11) is 5.87. The number of ether oxygens (including phenoxy) is 1. The number of nitrogens with zero attached hydrogens (tertiary/aromatic N) is 5. The van der Waals surface area contributed by atoms with Gasteiger partial charge in [0, 0.05) is 40.7 Å². The first kappa shape index (κ1) is 38.3. The molecule has 9 nitrogen and oxygen atoms in total. The Morgan fingerprint density at radius 1 is 0.981 bits per heavy atom. The Morgan fingerprint density at radius 2 is 1.72 bits per heavy atom. The van der Waals surface area contributed by atoms with Gasteiger partial charge in [-0.1, -0.05) is 39.2 Å². The Hall–Kier alpha value is -4.02. The van der Waals surface area contributed by atoms with Crippen LogP contribution in [0.25, 0.3) is 33.8 Å². The van der Waals surface area contributed by atoms with Crippen LogP contribution in [0.5, 0.6) is 5.75 Å². The lowest BCUT2D eigenvalue weighted by molar-refractivity contribution is 0.0655. The van der Waals surface area contributed by atoms with Crippen molar-refractivity contribution >= 4 is 47.0 Å². The number of likely N-dealkylation sites (N-methyl/N-ethyl adjacent to an activating group) is 1. The SMILES string of the molecule is CC(C)S.COc1ccc2c(c1)C=C(c1c(C(=O)N3C(C)CCC3CN(C)C)cnn1C1CCC1)Cn1c-2c(C2CCCCC2)c2ccc(C(N)=O)cc21. The van der Waals surface area contributed by atoms with Gasteiger partial charge in [0.1, 0.15) is 5.75 Å². The number of thiol groups is 1. The van der Waals surface area contributed by atoms with Crippen LogP contribution < -0.4 is 10.5 Å². The number of fused-ring (bicyclic) bond motifs is 5. The summed E-state index contributed by atoms with van der Waals surface area (Å²) in [6, 6.07) is 12.9. The Morgan fingerprint density at radius 3 is 2.37 bits per heavy atom. The van der Waals surface area contributed by atoms with E-state index in [1.165, 1.54) is 35.9 Å². The van der Waals surface area contributed by atoms with Crippen LogP contribution in [0.1, 0.15) is 134 Å². The van der Waals surface area contributed by atoms with Crippen molar-refractivity contribution in [3.8, 4) is 17.0 Å². The smallest absolute Gasteiger partial charge is 0.258 e. The summed E-state index contributed by atoms with van der Waals surface area (Å²) in [6.07, 6.45) is 15.3. The van der Waals surface area contributed by atoms with E-state index in [1.54, 1.807) is 7.11 Å². The van der Waals surface area contributed by atoms with E-state index in [0.717, 1.165) is 85.2 Å². The average molecular weight is 751 g/mol. The molecule has 3 fully saturated rings. The molecule has 0 radical (unpaired) electrons. The number of aromatic nitrogens is 3. The molecule has 2 aliphatic carbocycles. The molecule has 2 saturated carbocycles. The predicted molar refractivity (Wildman–Crippen MR) is 223 cm³/mol. The first-order chi connectivity index (χ1) is 26.0. The van der Waals surface area contributed by atoms with Gasteiger partial charge in [-0.2, -0.15) is 17.7 Å². The van der Waals surface area contributed by atoms with Gasteiger partial charge in [0.15, 0.2) is 0 Å². The zero-order chi connectivity index (χ0) is 38.3. The number of hydrogen-bond donors (Lipinski definition) is 2. The molecular weight excluding hydrogens is 693 g/mol. The molecule has 288 valence electrons. The number of primary amides is 1. The lowest BCUT2D eigenvalue weighted by Gasteiger charge is -2.31. The molecule has 2 unspecified atom stereocenters. The fourth-order valence-electron chi connectivity index (χ4n) is 9.26. The number of amides is 2. The van der Waals surface area contributed by atoms with E-state index >= 15 is 0 Å². The Labute approximate surface area is 326 Å². The number of nitrogens with two attached hydrogens (primary N) is 1. The van der Waals surface area contributed by atoms with E-state index in [2.05, 4.69) is 77.0 Å². The quantitative estimate of drug-likeness (QED) is 0.176. The highest BCUT2D eigenvalue weighted by atomic mass is 32.1. The lowest BCUT2D eigenvalue weighted by atomic mass is 9.81. The third-order valence-electron chi connectivity index (χ3n) is 11.9. The minimum atomic E-state index is -0.431. The second-order valence-corrected chi connectivity index (χ2v) is 17.5. The number of carbonyl (C=O) groups is 2. The number of hydrogen-bond acceptors (Lipinski definition) is 6. The minimum Gasteiger partial charge on any atom is -0.497 e. The number of carbonyl (C=O) groups excluding carboxylic acids is 2. The van der Waals surface area contributed by atoms with Crippen molar-refractivity contribution in [1.82, 2.24) is 24.1 Å². The van der Waals surface area contributed by atoms with Gasteiger partial charge in [-0.3, -0.25) is 14.3 Å². The molecule has 8 rings (SSSR count).